The Morgan fingerprint density at radius 3 is 2.52 bits per heavy atom. The van der Waals surface area contributed by atoms with Gasteiger partial charge in [-0.1, -0.05) is 0 Å². The Balaban J connectivity index is 1.54. The second-order valence-electron chi connectivity index (χ2n) is 7.47. The third-order valence-corrected chi connectivity index (χ3v) is 8.76. The number of likely N-dealkylation sites (N-methyl/N-ethyl adjacent to an activating group) is 1. The van der Waals surface area contributed by atoms with E-state index in [9.17, 15) is 18.0 Å². The van der Waals surface area contributed by atoms with E-state index in [0.717, 1.165) is 30.7 Å². The molecule has 3 rings (SSSR count). The van der Waals surface area contributed by atoms with Crippen LogP contribution in [0.5, 0.6) is 0 Å². The Labute approximate surface area is 176 Å². The first kappa shape index (κ1) is 22.2. The summed E-state index contributed by atoms with van der Waals surface area (Å²) in [6, 6.07) is 3.38. The van der Waals surface area contributed by atoms with Crippen molar-refractivity contribution >= 4 is 33.2 Å². The monoisotopic (exact) mass is 442 g/mol. The first-order valence-electron chi connectivity index (χ1n) is 10.3. The number of thiophene rings is 1. The van der Waals surface area contributed by atoms with Crippen molar-refractivity contribution in [3.8, 4) is 0 Å². The summed E-state index contributed by atoms with van der Waals surface area (Å²) in [6.45, 7) is 6.74. The van der Waals surface area contributed by atoms with Gasteiger partial charge in [0.25, 0.3) is 10.0 Å². The fraction of sp³-hybridized carbons (Fsp3) is 0.684. The Hall–Kier alpha value is -1.49. The van der Waals surface area contributed by atoms with E-state index >= 15 is 0 Å². The highest BCUT2D eigenvalue weighted by Crippen LogP contribution is 2.27. The van der Waals surface area contributed by atoms with Crippen molar-refractivity contribution in [1.82, 2.24) is 19.4 Å². The van der Waals surface area contributed by atoms with Crippen molar-refractivity contribution < 1.29 is 18.0 Å². The van der Waals surface area contributed by atoms with Crippen molar-refractivity contribution in [2.75, 3.05) is 52.4 Å². The molecule has 29 heavy (non-hydrogen) atoms. The van der Waals surface area contributed by atoms with Gasteiger partial charge < -0.3 is 10.2 Å². The van der Waals surface area contributed by atoms with E-state index in [1.807, 2.05) is 11.8 Å². The van der Waals surface area contributed by atoms with Gasteiger partial charge in [0.1, 0.15) is 4.21 Å². The van der Waals surface area contributed by atoms with Crippen LogP contribution in [0, 0.1) is 0 Å². The first-order valence-corrected chi connectivity index (χ1v) is 12.5. The van der Waals surface area contributed by atoms with Crippen molar-refractivity contribution in [2.24, 2.45) is 0 Å². The summed E-state index contributed by atoms with van der Waals surface area (Å²) in [7, 11) is -3.43. The van der Waals surface area contributed by atoms with Gasteiger partial charge in [-0.3, -0.25) is 14.5 Å². The number of nitrogens with zero attached hydrogens (tertiary/aromatic N) is 3. The maximum atomic E-state index is 12.7. The predicted octanol–water partition coefficient (Wildman–Crippen LogP) is 0.746. The second kappa shape index (κ2) is 10.0. The molecule has 0 aliphatic carbocycles. The van der Waals surface area contributed by atoms with E-state index in [-0.39, 0.29) is 18.2 Å². The maximum absolute atomic E-state index is 12.7. The molecule has 1 N–H and O–H groups in total. The minimum atomic E-state index is -3.43. The highest BCUT2D eigenvalue weighted by Gasteiger charge is 2.29. The average molecular weight is 443 g/mol. The lowest BCUT2D eigenvalue weighted by Gasteiger charge is -2.21. The number of hydrogen-bond acceptors (Lipinski definition) is 6. The van der Waals surface area contributed by atoms with Crippen LogP contribution in [0.15, 0.2) is 16.3 Å². The summed E-state index contributed by atoms with van der Waals surface area (Å²) < 4.78 is 27.2. The maximum Gasteiger partial charge on any atom is 0.252 e. The van der Waals surface area contributed by atoms with Gasteiger partial charge in [0.15, 0.2) is 0 Å². The molecule has 2 amide bonds. The number of hydrogen-bond donors (Lipinski definition) is 1. The van der Waals surface area contributed by atoms with Crippen LogP contribution in [-0.4, -0.2) is 86.7 Å². The molecule has 10 heteroatoms. The zero-order valence-corrected chi connectivity index (χ0v) is 18.6. The number of amides is 2. The fourth-order valence-electron chi connectivity index (χ4n) is 3.74. The van der Waals surface area contributed by atoms with E-state index < -0.39 is 10.0 Å². The van der Waals surface area contributed by atoms with Crippen molar-refractivity contribution in [3.05, 3.63) is 17.0 Å². The summed E-state index contributed by atoms with van der Waals surface area (Å²) in [5.41, 5.74) is 0. The van der Waals surface area contributed by atoms with Crippen molar-refractivity contribution in [1.29, 1.82) is 0 Å². The van der Waals surface area contributed by atoms with E-state index in [1.54, 1.807) is 12.1 Å². The molecule has 8 nitrogen and oxygen atoms in total. The van der Waals surface area contributed by atoms with Gasteiger partial charge in [-0.2, -0.15) is 4.31 Å². The van der Waals surface area contributed by atoms with Gasteiger partial charge in [0.05, 0.1) is 13.0 Å². The largest absolute Gasteiger partial charge is 0.355 e. The third kappa shape index (κ3) is 5.78. The van der Waals surface area contributed by atoms with Crippen LogP contribution >= 0.6 is 11.3 Å². The van der Waals surface area contributed by atoms with Crippen molar-refractivity contribution in [3.63, 3.8) is 0 Å². The molecule has 0 atom stereocenters. The smallest absolute Gasteiger partial charge is 0.252 e. The van der Waals surface area contributed by atoms with E-state index in [1.165, 1.54) is 15.6 Å². The van der Waals surface area contributed by atoms with Crippen LogP contribution in [-0.2, 0) is 26.0 Å². The Bertz CT molecular complexity index is 818. The van der Waals surface area contributed by atoms with Gasteiger partial charge in [-0.05, 0) is 38.3 Å². The Morgan fingerprint density at radius 1 is 1.03 bits per heavy atom. The van der Waals surface area contributed by atoms with Crippen LogP contribution in [0.4, 0.5) is 0 Å². The SMILES string of the molecule is CCNC(=O)CN1CCCN(C(=O)Cc2ccc(S(=O)(=O)N3CCCC3)s2)CC1. The molecule has 2 aliphatic heterocycles. The van der Waals surface area contributed by atoms with Crippen LogP contribution < -0.4 is 5.32 Å². The topological polar surface area (TPSA) is 90.0 Å². The summed E-state index contributed by atoms with van der Waals surface area (Å²) in [5.74, 6) is 0.0226. The fourth-order valence-corrected chi connectivity index (χ4v) is 6.76. The number of rotatable bonds is 7. The summed E-state index contributed by atoms with van der Waals surface area (Å²) in [6.07, 6.45) is 2.85. The zero-order valence-electron chi connectivity index (χ0n) is 16.9. The van der Waals surface area contributed by atoms with E-state index in [4.69, 9.17) is 0 Å². The third-order valence-electron chi connectivity index (χ3n) is 5.30. The molecule has 1 aromatic heterocycles. The minimum Gasteiger partial charge on any atom is -0.355 e. The van der Waals surface area contributed by atoms with Crippen molar-refractivity contribution in [2.45, 2.75) is 36.8 Å². The number of nitrogens with one attached hydrogen (secondary N) is 1. The quantitative estimate of drug-likeness (QED) is 0.673. The summed E-state index contributed by atoms with van der Waals surface area (Å²) >= 11 is 1.20. The van der Waals surface area contributed by atoms with Gasteiger partial charge in [-0.15, -0.1) is 11.3 Å². The molecule has 162 valence electrons. The molecule has 2 fully saturated rings. The lowest BCUT2D eigenvalue weighted by molar-refractivity contribution is -0.130. The highest BCUT2D eigenvalue weighted by molar-refractivity contribution is 7.91. The molecular formula is C19H30N4O4S2. The molecule has 2 aliphatic rings. The molecule has 0 radical (unpaired) electrons. The predicted molar refractivity (Wildman–Crippen MR) is 112 cm³/mol. The van der Waals surface area contributed by atoms with E-state index in [0.29, 0.717) is 50.0 Å². The molecule has 1 aromatic rings. The molecule has 0 aromatic carbocycles. The lowest BCUT2D eigenvalue weighted by atomic mass is 10.3. The van der Waals surface area contributed by atoms with Gasteiger partial charge in [0.2, 0.25) is 11.8 Å². The average Bonchev–Trinajstić information content (AvgIpc) is 3.32. The second-order valence-corrected chi connectivity index (χ2v) is 10.8. The lowest BCUT2D eigenvalue weighted by Crippen LogP contribution is -2.40. The standard InChI is InChI=1S/C19H30N4O4S2/c1-2-20-17(24)15-21-8-5-9-22(13-12-21)18(25)14-16-6-7-19(28-16)29(26,27)23-10-3-4-11-23/h6-7H,2-5,8-15H2,1H3,(H,20,24). The molecule has 0 saturated carbocycles. The van der Waals surface area contributed by atoms with Crippen LogP contribution in [0.2, 0.25) is 0 Å². The van der Waals surface area contributed by atoms with Gasteiger partial charge >= 0.3 is 0 Å². The molecule has 2 saturated heterocycles. The van der Waals surface area contributed by atoms with Gasteiger partial charge in [0, 0.05) is 50.7 Å². The summed E-state index contributed by atoms with van der Waals surface area (Å²) in [4.78, 5) is 29.2. The highest BCUT2D eigenvalue weighted by atomic mass is 32.2. The number of sulfonamides is 1. The Kier molecular flexibility index (Phi) is 7.66. The zero-order chi connectivity index (χ0) is 20.9. The number of carbonyl (C=O) groups excluding carboxylic acids is 2. The molecule has 0 unspecified atom stereocenters. The van der Waals surface area contributed by atoms with E-state index in [2.05, 4.69) is 10.2 Å². The summed E-state index contributed by atoms with van der Waals surface area (Å²) in [5, 5.41) is 2.80. The number of carbonyl (C=O) groups is 2. The normalized spacial score (nSPS) is 19.3. The molecular weight excluding hydrogens is 412 g/mol. The van der Waals surface area contributed by atoms with Crippen LogP contribution in [0.1, 0.15) is 31.1 Å². The van der Waals surface area contributed by atoms with Gasteiger partial charge in [-0.25, -0.2) is 8.42 Å². The van der Waals surface area contributed by atoms with Crippen LogP contribution in [0.25, 0.3) is 0 Å². The molecule has 0 bridgehead atoms. The Morgan fingerprint density at radius 2 is 1.79 bits per heavy atom. The minimum absolute atomic E-state index is 0.0110. The molecule has 3 heterocycles. The first-order chi connectivity index (χ1) is 13.9. The van der Waals surface area contributed by atoms with Crippen LogP contribution in [0.3, 0.4) is 0 Å². The molecule has 0 spiro atoms.